The number of carboxylic acids is 1. The van der Waals surface area contributed by atoms with Crippen LogP contribution in [0.4, 0.5) is 0 Å². The highest BCUT2D eigenvalue weighted by molar-refractivity contribution is 6.06. The Kier molecular flexibility index (Phi) is 3.09. The molecule has 0 aliphatic carbocycles. The molecular formula is C15H14O4. The van der Waals surface area contributed by atoms with Gasteiger partial charge in [-0.3, -0.25) is 0 Å². The van der Waals surface area contributed by atoms with E-state index in [0.717, 1.165) is 11.8 Å². The molecule has 1 fully saturated rings. The number of fused-ring (bicyclic) bond motifs is 1. The minimum atomic E-state index is -0.967. The van der Waals surface area contributed by atoms with E-state index in [-0.39, 0.29) is 11.7 Å². The van der Waals surface area contributed by atoms with Gasteiger partial charge in [0.2, 0.25) is 0 Å². The molecule has 1 heterocycles. The minimum Gasteiger partial charge on any atom is -0.487 e. The number of ether oxygens (including phenoxy) is 2. The maximum atomic E-state index is 11.5. The lowest BCUT2D eigenvalue weighted by Gasteiger charge is -2.15. The summed E-state index contributed by atoms with van der Waals surface area (Å²) in [4.78, 5) is 11.5. The average Bonchev–Trinajstić information content (AvgIpc) is 2.91. The normalized spacial score (nSPS) is 18.6. The quantitative estimate of drug-likeness (QED) is 0.919. The number of rotatable bonds is 3. The molecule has 1 unspecified atom stereocenters. The highest BCUT2D eigenvalue weighted by Crippen LogP contribution is 2.29. The van der Waals surface area contributed by atoms with Gasteiger partial charge in [0.05, 0.1) is 13.2 Å². The van der Waals surface area contributed by atoms with Gasteiger partial charge in [0.25, 0.3) is 0 Å². The summed E-state index contributed by atoms with van der Waals surface area (Å²) >= 11 is 0. The van der Waals surface area contributed by atoms with Crippen molar-refractivity contribution in [1.82, 2.24) is 0 Å². The number of carbonyl (C=O) groups is 1. The standard InChI is InChI=1S/C15H14O4/c16-15(17)14-12-4-2-1-3-10(12)5-6-13(14)19-11-7-8-18-9-11/h1-6,11H,7-9H2,(H,16,17). The molecule has 0 radical (unpaired) electrons. The molecule has 1 saturated heterocycles. The Hall–Kier alpha value is -2.07. The van der Waals surface area contributed by atoms with Crippen molar-refractivity contribution in [3.63, 3.8) is 0 Å². The number of hydrogen-bond acceptors (Lipinski definition) is 3. The summed E-state index contributed by atoms with van der Waals surface area (Å²) in [5, 5.41) is 11.0. The van der Waals surface area contributed by atoms with Crippen LogP contribution in [0.2, 0.25) is 0 Å². The van der Waals surface area contributed by atoms with E-state index in [2.05, 4.69) is 0 Å². The fraction of sp³-hybridized carbons (Fsp3) is 0.267. The Morgan fingerprint density at radius 3 is 2.84 bits per heavy atom. The Morgan fingerprint density at radius 2 is 2.11 bits per heavy atom. The molecular weight excluding hydrogens is 244 g/mol. The Morgan fingerprint density at radius 1 is 1.26 bits per heavy atom. The fourth-order valence-electron chi connectivity index (χ4n) is 2.36. The molecule has 19 heavy (non-hydrogen) atoms. The lowest BCUT2D eigenvalue weighted by Crippen LogP contribution is -2.17. The van der Waals surface area contributed by atoms with E-state index in [0.29, 0.717) is 24.3 Å². The van der Waals surface area contributed by atoms with Crippen LogP contribution in [0.25, 0.3) is 10.8 Å². The maximum Gasteiger partial charge on any atom is 0.340 e. The van der Waals surface area contributed by atoms with E-state index in [9.17, 15) is 9.90 Å². The van der Waals surface area contributed by atoms with Crippen LogP contribution in [0.15, 0.2) is 36.4 Å². The van der Waals surface area contributed by atoms with Crippen molar-refractivity contribution >= 4 is 16.7 Å². The van der Waals surface area contributed by atoms with E-state index in [1.165, 1.54) is 0 Å². The number of aromatic carboxylic acids is 1. The molecule has 4 nitrogen and oxygen atoms in total. The third-order valence-corrected chi connectivity index (χ3v) is 3.29. The predicted molar refractivity (Wildman–Crippen MR) is 70.8 cm³/mol. The van der Waals surface area contributed by atoms with Gasteiger partial charge in [0.15, 0.2) is 0 Å². The van der Waals surface area contributed by atoms with Crippen LogP contribution in [0, 0.1) is 0 Å². The zero-order chi connectivity index (χ0) is 13.2. The fourth-order valence-corrected chi connectivity index (χ4v) is 2.36. The van der Waals surface area contributed by atoms with E-state index in [1.807, 2.05) is 24.3 Å². The molecule has 2 aromatic carbocycles. The Balaban J connectivity index is 2.07. The number of benzene rings is 2. The zero-order valence-electron chi connectivity index (χ0n) is 10.3. The van der Waals surface area contributed by atoms with Gasteiger partial charge >= 0.3 is 5.97 Å². The summed E-state index contributed by atoms with van der Waals surface area (Å²) in [6, 6.07) is 11.0. The third kappa shape index (κ3) is 2.27. The first-order valence-corrected chi connectivity index (χ1v) is 6.25. The summed E-state index contributed by atoms with van der Waals surface area (Å²) in [5.41, 5.74) is 0.227. The molecule has 2 aromatic rings. The van der Waals surface area contributed by atoms with Gasteiger partial charge in [0, 0.05) is 6.42 Å². The molecule has 3 rings (SSSR count). The summed E-state index contributed by atoms with van der Waals surface area (Å²) in [7, 11) is 0. The van der Waals surface area contributed by atoms with Crippen LogP contribution >= 0.6 is 0 Å². The zero-order valence-corrected chi connectivity index (χ0v) is 10.3. The first kappa shape index (κ1) is 12.0. The molecule has 1 atom stereocenters. The Labute approximate surface area is 110 Å². The minimum absolute atomic E-state index is 0.0562. The topological polar surface area (TPSA) is 55.8 Å². The van der Waals surface area contributed by atoms with Crippen LogP contribution in [-0.2, 0) is 4.74 Å². The maximum absolute atomic E-state index is 11.5. The molecule has 0 spiro atoms. The van der Waals surface area contributed by atoms with E-state index >= 15 is 0 Å². The van der Waals surface area contributed by atoms with Crippen molar-refractivity contribution < 1.29 is 19.4 Å². The SMILES string of the molecule is O=C(O)c1c(OC2CCOC2)ccc2ccccc12. The Bertz CT molecular complexity index is 615. The monoisotopic (exact) mass is 258 g/mol. The largest absolute Gasteiger partial charge is 0.487 e. The van der Waals surface area contributed by atoms with Crippen molar-refractivity contribution in [2.24, 2.45) is 0 Å². The molecule has 1 N–H and O–H groups in total. The second-order valence-electron chi connectivity index (χ2n) is 4.57. The molecule has 98 valence electrons. The van der Waals surface area contributed by atoms with Crippen molar-refractivity contribution in [2.75, 3.05) is 13.2 Å². The lowest BCUT2D eigenvalue weighted by atomic mass is 10.0. The van der Waals surface area contributed by atoms with Gasteiger partial charge in [-0.25, -0.2) is 4.79 Å². The lowest BCUT2D eigenvalue weighted by molar-refractivity contribution is 0.0690. The molecule has 0 bridgehead atoms. The number of carboxylic acid groups (broad SMARTS) is 1. The second kappa shape index (κ2) is 4.90. The van der Waals surface area contributed by atoms with Crippen molar-refractivity contribution in [1.29, 1.82) is 0 Å². The highest BCUT2D eigenvalue weighted by Gasteiger charge is 2.22. The van der Waals surface area contributed by atoms with Gasteiger partial charge in [-0.05, 0) is 16.8 Å². The first-order chi connectivity index (χ1) is 9.25. The smallest absolute Gasteiger partial charge is 0.340 e. The molecule has 1 aliphatic heterocycles. The molecule has 1 aliphatic rings. The van der Waals surface area contributed by atoms with Gasteiger partial charge in [-0.2, -0.15) is 0 Å². The summed E-state index contributed by atoms with van der Waals surface area (Å²) in [6.07, 6.45) is 0.741. The molecule has 0 saturated carbocycles. The summed E-state index contributed by atoms with van der Waals surface area (Å²) in [6.45, 7) is 1.19. The van der Waals surface area contributed by atoms with Crippen LogP contribution in [-0.4, -0.2) is 30.4 Å². The number of hydrogen-bond donors (Lipinski definition) is 1. The van der Waals surface area contributed by atoms with Gasteiger partial charge in [-0.15, -0.1) is 0 Å². The van der Waals surface area contributed by atoms with Gasteiger partial charge < -0.3 is 14.6 Å². The summed E-state index contributed by atoms with van der Waals surface area (Å²) in [5.74, 6) is -0.549. The highest BCUT2D eigenvalue weighted by atomic mass is 16.5. The molecule has 0 amide bonds. The van der Waals surface area contributed by atoms with E-state index < -0.39 is 5.97 Å². The van der Waals surface area contributed by atoms with Gasteiger partial charge in [0.1, 0.15) is 17.4 Å². The predicted octanol–water partition coefficient (Wildman–Crippen LogP) is 2.71. The van der Waals surface area contributed by atoms with E-state index in [4.69, 9.17) is 9.47 Å². The van der Waals surface area contributed by atoms with Gasteiger partial charge in [-0.1, -0.05) is 30.3 Å². The molecule has 4 heteroatoms. The van der Waals surface area contributed by atoms with Crippen LogP contribution in [0.5, 0.6) is 5.75 Å². The van der Waals surface area contributed by atoms with Crippen molar-refractivity contribution in [3.8, 4) is 5.75 Å². The second-order valence-corrected chi connectivity index (χ2v) is 4.57. The van der Waals surface area contributed by atoms with Crippen LogP contribution in [0.1, 0.15) is 16.8 Å². The summed E-state index contributed by atoms with van der Waals surface area (Å²) < 4.78 is 11.0. The van der Waals surface area contributed by atoms with Crippen LogP contribution < -0.4 is 4.74 Å². The van der Waals surface area contributed by atoms with Crippen molar-refractivity contribution in [3.05, 3.63) is 42.0 Å². The first-order valence-electron chi connectivity index (χ1n) is 6.25. The van der Waals surface area contributed by atoms with Crippen molar-refractivity contribution in [2.45, 2.75) is 12.5 Å². The molecule has 0 aromatic heterocycles. The third-order valence-electron chi connectivity index (χ3n) is 3.29. The average molecular weight is 258 g/mol. The van der Waals surface area contributed by atoms with Crippen LogP contribution in [0.3, 0.4) is 0 Å². The van der Waals surface area contributed by atoms with E-state index in [1.54, 1.807) is 12.1 Å².